The highest BCUT2D eigenvalue weighted by Gasteiger charge is 2.21. The minimum atomic E-state index is -0.553. The lowest BCUT2D eigenvalue weighted by molar-refractivity contribution is -0.0129. The molecule has 0 amide bonds. The SMILES string of the molecule is COC(c1ccccc1)C(O)Cc1cc(C)ccc1C. The molecule has 2 aromatic rings. The van der Waals surface area contributed by atoms with Crippen molar-refractivity contribution in [2.45, 2.75) is 32.5 Å². The summed E-state index contributed by atoms with van der Waals surface area (Å²) >= 11 is 0. The summed E-state index contributed by atoms with van der Waals surface area (Å²) in [7, 11) is 1.64. The normalized spacial score (nSPS) is 14.0. The van der Waals surface area contributed by atoms with E-state index >= 15 is 0 Å². The van der Waals surface area contributed by atoms with Crippen molar-refractivity contribution in [1.82, 2.24) is 0 Å². The second-order valence-corrected chi connectivity index (χ2v) is 5.27. The van der Waals surface area contributed by atoms with E-state index < -0.39 is 6.10 Å². The molecule has 2 aromatic carbocycles. The number of aliphatic hydroxyl groups is 1. The predicted molar refractivity (Wildman–Crippen MR) is 81.8 cm³/mol. The molecule has 0 fully saturated rings. The number of hydrogen-bond donors (Lipinski definition) is 1. The van der Waals surface area contributed by atoms with Crippen LogP contribution in [-0.4, -0.2) is 18.3 Å². The molecule has 2 rings (SSSR count). The van der Waals surface area contributed by atoms with Gasteiger partial charge < -0.3 is 9.84 Å². The molecule has 2 atom stereocenters. The standard InChI is InChI=1S/C18H22O2/c1-13-9-10-14(2)16(11-13)12-17(19)18(20-3)15-7-5-4-6-8-15/h4-11,17-19H,12H2,1-3H3. The maximum absolute atomic E-state index is 10.5. The molecule has 106 valence electrons. The van der Waals surface area contributed by atoms with Crippen LogP contribution < -0.4 is 0 Å². The Kier molecular flexibility index (Phi) is 4.94. The van der Waals surface area contributed by atoms with E-state index in [1.54, 1.807) is 7.11 Å². The zero-order valence-electron chi connectivity index (χ0n) is 12.3. The monoisotopic (exact) mass is 270 g/mol. The minimum Gasteiger partial charge on any atom is -0.390 e. The summed E-state index contributed by atoms with van der Waals surface area (Å²) in [6.45, 7) is 4.14. The quantitative estimate of drug-likeness (QED) is 0.899. The van der Waals surface area contributed by atoms with Crippen LogP contribution in [0.15, 0.2) is 48.5 Å². The Labute approximate surface area is 121 Å². The Morgan fingerprint density at radius 2 is 1.75 bits per heavy atom. The molecule has 0 bridgehead atoms. The van der Waals surface area contributed by atoms with E-state index in [0.717, 1.165) is 5.56 Å². The third-order valence-electron chi connectivity index (χ3n) is 3.67. The molecule has 0 heterocycles. The first kappa shape index (κ1) is 14.8. The van der Waals surface area contributed by atoms with E-state index in [1.807, 2.05) is 30.3 Å². The third kappa shape index (κ3) is 3.47. The zero-order valence-corrected chi connectivity index (χ0v) is 12.3. The smallest absolute Gasteiger partial charge is 0.108 e. The molecule has 0 aromatic heterocycles. The highest BCUT2D eigenvalue weighted by atomic mass is 16.5. The van der Waals surface area contributed by atoms with Crippen molar-refractivity contribution in [3.8, 4) is 0 Å². The van der Waals surface area contributed by atoms with E-state index in [1.165, 1.54) is 16.7 Å². The molecule has 0 radical (unpaired) electrons. The summed E-state index contributed by atoms with van der Waals surface area (Å²) in [6, 6.07) is 16.2. The van der Waals surface area contributed by atoms with Gasteiger partial charge in [0, 0.05) is 13.5 Å². The van der Waals surface area contributed by atoms with Crippen LogP contribution in [0.2, 0.25) is 0 Å². The number of benzene rings is 2. The summed E-state index contributed by atoms with van der Waals surface area (Å²) in [5, 5.41) is 10.5. The van der Waals surface area contributed by atoms with Crippen LogP contribution in [0.5, 0.6) is 0 Å². The number of aryl methyl sites for hydroxylation is 2. The van der Waals surface area contributed by atoms with Crippen LogP contribution in [0.3, 0.4) is 0 Å². The first-order chi connectivity index (χ1) is 9.61. The summed E-state index contributed by atoms with van der Waals surface area (Å²) in [5.41, 5.74) is 4.60. The molecule has 2 heteroatoms. The summed E-state index contributed by atoms with van der Waals surface area (Å²) in [4.78, 5) is 0. The van der Waals surface area contributed by atoms with Crippen LogP contribution in [0.1, 0.15) is 28.4 Å². The van der Waals surface area contributed by atoms with E-state index in [4.69, 9.17) is 4.74 Å². The number of rotatable bonds is 5. The number of aliphatic hydroxyl groups excluding tert-OH is 1. The van der Waals surface area contributed by atoms with Crippen molar-refractivity contribution >= 4 is 0 Å². The van der Waals surface area contributed by atoms with E-state index in [0.29, 0.717) is 6.42 Å². The Morgan fingerprint density at radius 1 is 1.05 bits per heavy atom. The second-order valence-electron chi connectivity index (χ2n) is 5.27. The second kappa shape index (κ2) is 6.69. The summed E-state index contributed by atoms with van der Waals surface area (Å²) in [5.74, 6) is 0. The lowest BCUT2D eigenvalue weighted by Gasteiger charge is -2.23. The Balaban J connectivity index is 2.17. The Bertz CT molecular complexity index is 549. The van der Waals surface area contributed by atoms with Crippen molar-refractivity contribution in [3.05, 3.63) is 70.8 Å². The lowest BCUT2D eigenvalue weighted by Crippen LogP contribution is -2.23. The molecule has 2 nitrogen and oxygen atoms in total. The first-order valence-corrected chi connectivity index (χ1v) is 6.93. The maximum atomic E-state index is 10.5. The fourth-order valence-electron chi connectivity index (χ4n) is 2.51. The van der Waals surface area contributed by atoms with Crippen LogP contribution in [-0.2, 0) is 11.2 Å². The maximum Gasteiger partial charge on any atom is 0.108 e. The average molecular weight is 270 g/mol. The molecule has 0 spiro atoms. The largest absolute Gasteiger partial charge is 0.390 e. The van der Waals surface area contributed by atoms with Crippen molar-refractivity contribution < 1.29 is 9.84 Å². The van der Waals surface area contributed by atoms with Crippen molar-refractivity contribution in [1.29, 1.82) is 0 Å². The number of methoxy groups -OCH3 is 1. The molecule has 1 N–H and O–H groups in total. The van der Waals surface area contributed by atoms with Gasteiger partial charge in [0.2, 0.25) is 0 Å². The number of ether oxygens (including phenoxy) is 1. The average Bonchev–Trinajstić information content (AvgIpc) is 2.45. The van der Waals surface area contributed by atoms with E-state index in [9.17, 15) is 5.11 Å². The molecule has 0 aliphatic rings. The van der Waals surface area contributed by atoms with Crippen molar-refractivity contribution in [2.24, 2.45) is 0 Å². The van der Waals surface area contributed by atoms with Gasteiger partial charge in [-0.25, -0.2) is 0 Å². The molecule has 0 aliphatic carbocycles. The van der Waals surface area contributed by atoms with Gasteiger partial charge in [-0.1, -0.05) is 54.1 Å². The Morgan fingerprint density at radius 3 is 2.40 bits per heavy atom. The van der Waals surface area contributed by atoms with Gasteiger partial charge in [-0.3, -0.25) is 0 Å². The van der Waals surface area contributed by atoms with Crippen LogP contribution in [0.4, 0.5) is 0 Å². The molecule has 0 saturated carbocycles. The first-order valence-electron chi connectivity index (χ1n) is 6.93. The number of hydrogen-bond acceptors (Lipinski definition) is 2. The van der Waals surface area contributed by atoms with Gasteiger partial charge in [0.25, 0.3) is 0 Å². The van der Waals surface area contributed by atoms with Crippen molar-refractivity contribution in [3.63, 3.8) is 0 Å². The van der Waals surface area contributed by atoms with Crippen LogP contribution in [0, 0.1) is 13.8 Å². The highest BCUT2D eigenvalue weighted by molar-refractivity contribution is 5.31. The third-order valence-corrected chi connectivity index (χ3v) is 3.67. The van der Waals surface area contributed by atoms with Crippen molar-refractivity contribution in [2.75, 3.05) is 7.11 Å². The fraction of sp³-hybridized carbons (Fsp3) is 0.333. The molecular weight excluding hydrogens is 248 g/mol. The molecular formula is C18H22O2. The molecule has 2 unspecified atom stereocenters. The Hall–Kier alpha value is -1.64. The van der Waals surface area contributed by atoms with Gasteiger partial charge in [-0.05, 0) is 30.5 Å². The lowest BCUT2D eigenvalue weighted by atomic mass is 9.95. The summed E-state index contributed by atoms with van der Waals surface area (Å²) in [6.07, 6.45) is -0.250. The molecule has 0 aliphatic heterocycles. The fourth-order valence-corrected chi connectivity index (χ4v) is 2.51. The van der Waals surface area contributed by atoms with Gasteiger partial charge in [0.1, 0.15) is 6.10 Å². The van der Waals surface area contributed by atoms with Gasteiger partial charge in [0.05, 0.1) is 6.10 Å². The molecule has 0 saturated heterocycles. The van der Waals surface area contributed by atoms with Gasteiger partial charge >= 0.3 is 0 Å². The zero-order chi connectivity index (χ0) is 14.5. The minimum absolute atomic E-state index is 0.295. The van der Waals surface area contributed by atoms with Gasteiger partial charge in [0.15, 0.2) is 0 Å². The van der Waals surface area contributed by atoms with Crippen LogP contribution >= 0.6 is 0 Å². The molecule has 20 heavy (non-hydrogen) atoms. The van der Waals surface area contributed by atoms with Gasteiger partial charge in [-0.2, -0.15) is 0 Å². The van der Waals surface area contributed by atoms with E-state index in [-0.39, 0.29) is 6.10 Å². The van der Waals surface area contributed by atoms with E-state index in [2.05, 4.69) is 32.0 Å². The highest BCUT2D eigenvalue weighted by Crippen LogP contribution is 2.24. The van der Waals surface area contributed by atoms with Crippen LogP contribution in [0.25, 0.3) is 0 Å². The predicted octanol–water partition coefficient (Wildman–Crippen LogP) is 3.59. The topological polar surface area (TPSA) is 29.5 Å². The summed E-state index contributed by atoms with van der Waals surface area (Å²) < 4.78 is 5.49. The van der Waals surface area contributed by atoms with Gasteiger partial charge in [-0.15, -0.1) is 0 Å².